The Hall–Kier alpha value is -4.35. The third-order valence-electron chi connectivity index (χ3n) is 7.05. The van der Waals surface area contributed by atoms with Crippen molar-refractivity contribution in [2.24, 2.45) is 0 Å². The number of hydrogen-bond acceptors (Lipinski definition) is 6. The quantitative estimate of drug-likeness (QED) is 0.212. The van der Waals surface area contributed by atoms with Crippen LogP contribution in [0.2, 0.25) is 0 Å². The molecule has 4 rings (SSSR count). The Bertz CT molecular complexity index is 1670. The van der Waals surface area contributed by atoms with Crippen LogP contribution in [0.4, 0.5) is 5.69 Å². The highest BCUT2D eigenvalue weighted by Gasteiger charge is 2.34. The van der Waals surface area contributed by atoms with E-state index in [0.717, 1.165) is 19.9 Å². The number of carbonyl (C=O) groups is 2. The fourth-order valence-corrected chi connectivity index (χ4v) is 6.43. The van der Waals surface area contributed by atoms with Crippen molar-refractivity contribution in [3.05, 3.63) is 119 Å². The Morgan fingerprint density at radius 2 is 1.43 bits per heavy atom. The number of nitrogens with one attached hydrogen (secondary N) is 1. The van der Waals surface area contributed by atoms with Crippen molar-refractivity contribution in [3.63, 3.8) is 0 Å². The molecule has 9 nitrogen and oxygen atoms in total. The van der Waals surface area contributed by atoms with Gasteiger partial charge in [-0.3, -0.25) is 13.9 Å². The lowest BCUT2D eigenvalue weighted by Gasteiger charge is -2.33. The number of likely N-dealkylation sites (N-methyl/N-ethyl adjacent to an activating group) is 1. The first-order valence-corrected chi connectivity index (χ1v) is 16.0. The van der Waals surface area contributed by atoms with E-state index < -0.39 is 28.5 Å². The standard InChI is InChI=1S/C33H34BrN3O6S/c1-35-33(39)29(20-24-10-6-4-7-11-24)36(22-25-14-16-26(34)17-15-25)32(38)23-37(44(40,41)28-12-8-5-9-13-28)27-18-19-30(42-2)31(21-27)43-3/h4-19,21,29H,20,22-23H2,1-3H3,(H,35,39)/t29-/m0/s1. The number of benzene rings is 4. The highest BCUT2D eigenvalue weighted by atomic mass is 79.9. The van der Waals surface area contributed by atoms with Gasteiger partial charge in [-0.2, -0.15) is 0 Å². The third-order valence-corrected chi connectivity index (χ3v) is 9.37. The Kier molecular flexibility index (Phi) is 11.0. The average Bonchev–Trinajstić information content (AvgIpc) is 3.06. The van der Waals surface area contributed by atoms with Crippen LogP contribution >= 0.6 is 15.9 Å². The molecule has 230 valence electrons. The maximum absolute atomic E-state index is 14.4. The molecule has 0 radical (unpaired) electrons. The van der Waals surface area contributed by atoms with Gasteiger partial charge in [0.2, 0.25) is 11.8 Å². The predicted octanol–water partition coefficient (Wildman–Crippen LogP) is 5.05. The zero-order valence-electron chi connectivity index (χ0n) is 24.6. The molecular formula is C33H34BrN3O6S. The molecule has 0 aliphatic carbocycles. The minimum absolute atomic E-state index is 0.00850. The van der Waals surface area contributed by atoms with Crippen LogP contribution in [0, 0.1) is 0 Å². The summed E-state index contributed by atoms with van der Waals surface area (Å²) in [6, 6.07) is 28.3. The summed E-state index contributed by atoms with van der Waals surface area (Å²) in [5, 5.41) is 2.68. The molecule has 0 bridgehead atoms. The van der Waals surface area contributed by atoms with E-state index in [4.69, 9.17) is 9.47 Å². The van der Waals surface area contributed by atoms with Gasteiger partial charge in [-0.15, -0.1) is 0 Å². The summed E-state index contributed by atoms with van der Waals surface area (Å²) in [5.41, 5.74) is 1.82. The molecular weight excluding hydrogens is 646 g/mol. The molecule has 0 saturated heterocycles. The van der Waals surface area contributed by atoms with Gasteiger partial charge in [-0.1, -0.05) is 76.6 Å². The Morgan fingerprint density at radius 3 is 2.02 bits per heavy atom. The molecule has 0 heterocycles. The molecule has 1 N–H and O–H groups in total. The molecule has 0 aliphatic rings. The molecule has 0 saturated carbocycles. The summed E-state index contributed by atoms with van der Waals surface area (Å²) >= 11 is 3.44. The van der Waals surface area contributed by atoms with Gasteiger partial charge in [0, 0.05) is 30.6 Å². The first-order valence-electron chi connectivity index (χ1n) is 13.8. The number of rotatable bonds is 13. The van der Waals surface area contributed by atoms with Gasteiger partial charge in [-0.25, -0.2) is 8.42 Å². The number of hydrogen-bond donors (Lipinski definition) is 1. The Balaban J connectivity index is 1.81. The molecule has 0 aliphatic heterocycles. The molecule has 1 atom stereocenters. The number of carbonyl (C=O) groups excluding carboxylic acids is 2. The third kappa shape index (κ3) is 7.78. The molecule has 11 heteroatoms. The summed E-state index contributed by atoms with van der Waals surface area (Å²) in [6.45, 7) is -0.506. The number of ether oxygens (including phenoxy) is 2. The van der Waals surface area contributed by atoms with Crippen LogP contribution in [0.25, 0.3) is 0 Å². The summed E-state index contributed by atoms with van der Waals surface area (Å²) < 4.78 is 40.9. The lowest BCUT2D eigenvalue weighted by Crippen LogP contribution is -2.53. The van der Waals surface area contributed by atoms with Gasteiger partial charge in [0.25, 0.3) is 10.0 Å². The van der Waals surface area contributed by atoms with Gasteiger partial charge in [0.1, 0.15) is 12.6 Å². The maximum atomic E-state index is 14.4. The first-order chi connectivity index (χ1) is 21.2. The van der Waals surface area contributed by atoms with E-state index in [1.807, 2.05) is 54.6 Å². The monoisotopic (exact) mass is 679 g/mol. The highest BCUT2D eigenvalue weighted by molar-refractivity contribution is 9.10. The number of methoxy groups -OCH3 is 2. The molecule has 4 aromatic rings. The molecule has 4 aromatic carbocycles. The summed E-state index contributed by atoms with van der Waals surface area (Å²) in [7, 11) is 0.201. The second-order valence-electron chi connectivity index (χ2n) is 9.83. The zero-order valence-corrected chi connectivity index (χ0v) is 27.0. The molecule has 0 spiro atoms. The molecule has 44 heavy (non-hydrogen) atoms. The van der Waals surface area contributed by atoms with E-state index in [1.165, 1.54) is 44.4 Å². The van der Waals surface area contributed by atoms with Gasteiger partial charge in [-0.05, 0) is 47.5 Å². The van der Waals surface area contributed by atoms with Gasteiger partial charge in [0.15, 0.2) is 11.5 Å². The van der Waals surface area contributed by atoms with Gasteiger partial charge >= 0.3 is 0 Å². The molecule has 0 aromatic heterocycles. The molecule has 0 fully saturated rings. The van der Waals surface area contributed by atoms with Crippen molar-refractivity contribution in [1.29, 1.82) is 0 Å². The zero-order chi connectivity index (χ0) is 31.7. The molecule has 0 unspecified atom stereocenters. The van der Waals surface area contributed by atoms with Crippen molar-refractivity contribution in [2.75, 3.05) is 32.1 Å². The molecule has 2 amide bonds. The summed E-state index contributed by atoms with van der Waals surface area (Å²) in [4.78, 5) is 29.2. The van der Waals surface area contributed by atoms with Crippen LogP contribution in [0.3, 0.4) is 0 Å². The van der Waals surface area contributed by atoms with E-state index in [-0.39, 0.29) is 29.5 Å². The van der Waals surface area contributed by atoms with Crippen molar-refractivity contribution < 1.29 is 27.5 Å². The van der Waals surface area contributed by atoms with Gasteiger partial charge in [0.05, 0.1) is 24.8 Å². The van der Waals surface area contributed by atoms with Crippen molar-refractivity contribution >= 4 is 43.5 Å². The van der Waals surface area contributed by atoms with Crippen LogP contribution in [0.5, 0.6) is 11.5 Å². The number of halogens is 1. The van der Waals surface area contributed by atoms with Crippen LogP contribution in [0.15, 0.2) is 112 Å². The van der Waals surface area contributed by atoms with Crippen LogP contribution in [0.1, 0.15) is 11.1 Å². The number of anilines is 1. The van der Waals surface area contributed by atoms with Crippen molar-refractivity contribution in [1.82, 2.24) is 10.2 Å². The minimum Gasteiger partial charge on any atom is -0.493 e. The first kappa shape index (κ1) is 32.6. The lowest BCUT2D eigenvalue weighted by molar-refractivity contribution is -0.139. The predicted molar refractivity (Wildman–Crippen MR) is 173 cm³/mol. The number of amides is 2. The topological polar surface area (TPSA) is 105 Å². The Labute approximate surface area is 266 Å². The largest absolute Gasteiger partial charge is 0.493 e. The second kappa shape index (κ2) is 14.9. The maximum Gasteiger partial charge on any atom is 0.264 e. The second-order valence-corrected chi connectivity index (χ2v) is 12.6. The summed E-state index contributed by atoms with van der Waals surface area (Å²) in [5.74, 6) is -0.238. The van der Waals surface area contributed by atoms with E-state index in [0.29, 0.717) is 11.5 Å². The van der Waals surface area contributed by atoms with Crippen LogP contribution in [-0.4, -0.2) is 59.0 Å². The van der Waals surface area contributed by atoms with E-state index in [9.17, 15) is 18.0 Å². The van der Waals surface area contributed by atoms with E-state index >= 15 is 0 Å². The van der Waals surface area contributed by atoms with Crippen LogP contribution in [-0.2, 0) is 32.6 Å². The average molecular weight is 681 g/mol. The fourth-order valence-electron chi connectivity index (χ4n) is 4.74. The van der Waals surface area contributed by atoms with Crippen molar-refractivity contribution in [3.8, 4) is 11.5 Å². The minimum atomic E-state index is -4.23. The fraction of sp³-hybridized carbons (Fsp3) is 0.212. The van der Waals surface area contributed by atoms with E-state index in [1.54, 1.807) is 30.3 Å². The number of sulfonamides is 1. The van der Waals surface area contributed by atoms with E-state index in [2.05, 4.69) is 21.2 Å². The lowest BCUT2D eigenvalue weighted by atomic mass is 10.0. The SMILES string of the molecule is CNC(=O)[C@H](Cc1ccccc1)N(Cc1ccc(Br)cc1)C(=O)CN(c1ccc(OC)c(OC)c1)S(=O)(=O)c1ccccc1. The number of nitrogens with zero attached hydrogens (tertiary/aromatic N) is 2. The van der Waals surface area contributed by atoms with Gasteiger partial charge < -0.3 is 19.7 Å². The summed E-state index contributed by atoms with van der Waals surface area (Å²) in [6.07, 6.45) is 0.227. The smallest absolute Gasteiger partial charge is 0.264 e. The van der Waals surface area contributed by atoms with Crippen molar-refractivity contribution in [2.45, 2.75) is 23.9 Å². The van der Waals surface area contributed by atoms with Crippen LogP contribution < -0.4 is 19.1 Å². The highest BCUT2D eigenvalue weighted by Crippen LogP contribution is 2.34. The Morgan fingerprint density at radius 1 is 0.818 bits per heavy atom. The normalized spacial score (nSPS) is 11.7.